The average molecular weight is 390 g/mol. The molecule has 1 saturated heterocycles. The van der Waals surface area contributed by atoms with E-state index in [1.807, 2.05) is 0 Å². The van der Waals surface area contributed by atoms with Gasteiger partial charge in [-0.1, -0.05) is 0 Å². The number of anilines is 1. The molecule has 9 nitrogen and oxygen atoms in total. The Morgan fingerprint density at radius 3 is 2.93 bits per heavy atom. The van der Waals surface area contributed by atoms with Gasteiger partial charge in [0.15, 0.2) is 10.9 Å². The molecule has 142 valence electrons. The van der Waals surface area contributed by atoms with E-state index < -0.39 is 4.92 Å². The normalized spacial score (nSPS) is 16.6. The number of piperidine rings is 1. The van der Waals surface area contributed by atoms with E-state index in [2.05, 4.69) is 10.3 Å². The van der Waals surface area contributed by atoms with Crippen molar-refractivity contribution in [2.45, 2.75) is 12.8 Å². The van der Waals surface area contributed by atoms with Gasteiger partial charge in [0.05, 0.1) is 18.0 Å². The van der Waals surface area contributed by atoms with Crippen LogP contribution in [0.3, 0.4) is 0 Å². The zero-order valence-electron chi connectivity index (χ0n) is 14.6. The number of benzene rings is 1. The SMILES string of the molecule is COc1ccc(C(=O)N2CCCC(C(=O)Nc3nccs3)C2)cc1[N+](=O)[O-]. The molecular weight excluding hydrogens is 372 g/mol. The number of hydrogen-bond acceptors (Lipinski definition) is 7. The molecule has 1 fully saturated rings. The van der Waals surface area contributed by atoms with E-state index in [0.717, 1.165) is 0 Å². The molecule has 1 aromatic carbocycles. The Labute approximate surface area is 159 Å². The summed E-state index contributed by atoms with van der Waals surface area (Å²) >= 11 is 1.33. The third-order valence-electron chi connectivity index (χ3n) is 4.36. The summed E-state index contributed by atoms with van der Waals surface area (Å²) in [5.74, 6) is -0.772. The number of nitro benzene ring substituents is 1. The van der Waals surface area contributed by atoms with Gasteiger partial charge in [-0.3, -0.25) is 19.7 Å². The molecule has 2 heterocycles. The topological polar surface area (TPSA) is 115 Å². The number of nitrogens with one attached hydrogen (secondary N) is 1. The number of hydrogen-bond donors (Lipinski definition) is 1. The number of methoxy groups -OCH3 is 1. The lowest BCUT2D eigenvalue weighted by molar-refractivity contribution is -0.385. The molecule has 1 atom stereocenters. The predicted molar refractivity (Wildman–Crippen MR) is 99.0 cm³/mol. The van der Waals surface area contributed by atoms with Crippen molar-refractivity contribution in [3.63, 3.8) is 0 Å². The average Bonchev–Trinajstić information content (AvgIpc) is 3.20. The van der Waals surface area contributed by atoms with Crippen molar-refractivity contribution in [1.29, 1.82) is 0 Å². The van der Waals surface area contributed by atoms with E-state index in [0.29, 0.717) is 24.5 Å². The van der Waals surface area contributed by atoms with Crippen molar-refractivity contribution < 1.29 is 19.2 Å². The zero-order valence-corrected chi connectivity index (χ0v) is 15.4. The Kier molecular flexibility index (Phi) is 5.65. The summed E-state index contributed by atoms with van der Waals surface area (Å²) in [7, 11) is 1.33. The Morgan fingerprint density at radius 2 is 2.26 bits per heavy atom. The summed E-state index contributed by atoms with van der Waals surface area (Å²) in [6, 6.07) is 4.11. The minimum atomic E-state index is -0.587. The number of carbonyl (C=O) groups is 2. The van der Waals surface area contributed by atoms with Crippen LogP contribution >= 0.6 is 11.3 Å². The van der Waals surface area contributed by atoms with Crippen molar-refractivity contribution in [2.24, 2.45) is 5.92 Å². The fourth-order valence-corrected chi connectivity index (χ4v) is 3.55. The van der Waals surface area contributed by atoms with Crippen molar-refractivity contribution in [3.8, 4) is 5.75 Å². The number of carbonyl (C=O) groups excluding carboxylic acids is 2. The van der Waals surface area contributed by atoms with Gasteiger partial charge in [-0.2, -0.15) is 0 Å². The number of nitro groups is 1. The van der Waals surface area contributed by atoms with Crippen LogP contribution in [0.25, 0.3) is 0 Å². The molecule has 1 aromatic heterocycles. The largest absolute Gasteiger partial charge is 0.490 e. The van der Waals surface area contributed by atoms with Crippen molar-refractivity contribution in [2.75, 3.05) is 25.5 Å². The lowest BCUT2D eigenvalue weighted by Crippen LogP contribution is -2.43. The van der Waals surface area contributed by atoms with Crippen LogP contribution in [0, 0.1) is 16.0 Å². The predicted octanol–water partition coefficient (Wildman–Crippen LogP) is 2.55. The highest BCUT2D eigenvalue weighted by molar-refractivity contribution is 7.13. The monoisotopic (exact) mass is 390 g/mol. The first-order valence-electron chi connectivity index (χ1n) is 8.31. The highest BCUT2D eigenvalue weighted by atomic mass is 32.1. The van der Waals surface area contributed by atoms with Crippen molar-refractivity contribution in [3.05, 3.63) is 45.5 Å². The maximum Gasteiger partial charge on any atom is 0.311 e. The Balaban J connectivity index is 1.72. The van der Waals surface area contributed by atoms with Crippen molar-refractivity contribution >= 4 is 34.0 Å². The number of amides is 2. The number of thiazole rings is 1. The molecule has 10 heteroatoms. The van der Waals surface area contributed by atoms with Gasteiger partial charge in [0.1, 0.15) is 0 Å². The van der Waals surface area contributed by atoms with Crippen LogP contribution in [0.15, 0.2) is 29.8 Å². The summed E-state index contributed by atoms with van der Waals surface area (Å²) < 4.78 is 4.96. The molecule has 2 aromatic rings. The number of ether oxygens (including phenoxy) is 1. The van der Waals surface area contributed by atoms with Crippen LogP contribution in [-0.4, -0.2) is 46.8 Å². The first-order valence-corrected chi connectivity index (χ1v) is 9.19. The van der Waals surface area contributed by atoms with E-state index in [1.54, 1.807) is 16.5 Å². The number of likely N-dealkylation sites (tertiary alicyclic amines) is 1. The van der Waals surface area contributed by atoms with E-state index in [-0.39, 0.29) is 41.3 Å². The molecule has 1 N–H and O–H groups in total. The summed E-state index contributed by atoms with van der Waals surface area (Å²) in [5.41, 5.74) is -0.0677. The zero-order chi connectivity index (χ0) is 19.4. The molecule has 1 aliphatic rings. The summed E-state index contributed by atoms with van der Waals surface area (Å²) in [6.45, 7) is 0.759. The van der Waals surface area contributed by atoms with Crippen LogP contribution in [0.2, 0.25) is 0 Å². The van der Waals surface area contributed by atoms with Crippen LogP contribution in [-0.2, 0) is 4.79 Å². The van der Waals surface area contributed by atoms with Crippen LogP contribution in [0.5, 0.6) is 5.75 Å². The van der Waals surface area contributed by atoms with Gasteiger partial charge in [0, 0.05) is 36.3 Å². The summed E-state index contributed by atoms with van der Waals surface area (Å²) in [5, 5.41) is 16.2. The second-order valence-corrected chi connectivity index (χ2v) is 6.96. The number of nitrogens with zero attached hydrogens (tertiary/aromatic N) is 3. The smallest absolute Gasteiger partial charge is 0.311 e. The Hall–Kier alpha value is -3.01. The number of rotatable bonds is 5. The minimum Gasteiger partial charge on any atom is -0.490 e. The molecule has 27 heavy (non-hydrogen) atoms. The van der Waals surface area contributed by atoms with E-state index in [4.69, 9.17) is 4.74 Å². The molecule has 1 aliphatic heterocycles. The highest BCUT2D eigenvalue weighted by Gasteiger charge is 2.30. The number of aromatic nitrogens is 1. The lowest BCUT2D eigenvalue weighted by atomic mass is 9.96. The molecule has 0 spiro atoms. The van der Waals surface area contributed by atoms with Gasteiger partial charge < -0.3 is 15.0 Å². The quantitative estimate of drug-likeness (QED) is 0.620. The van der Waals surface area contributed by atoms with Gasteiger partial charge in [0.25, 0.3) is 5.91 Å². The molecular formula is C17H18N4O5S. The van der Waals surface area contributed by atoms with Crippen LogP contribution < -0.4 is 10.1 Å². The molecule has 0 saturated carbocycles. The maximum absolute atomic E-state index is 12.8. The van der Waals surface area contributed by atoms with Gasteiger partial charge in [-0.25, -0.2) is 4.98 Å². The fraction of sp³-hybridized carbons (Fsp3) is 0.353. The van der Waals surface area contributed by atoms with Gasteiger partial charge >= 0.3 is 5.69 Å². The third-order valence-corrected chi connectivity index (χ3v) is 5.05. The van der Waals surface area contributed by atoms with Gasteiger partial charge in [0.2, 0.25) is 5.91 Å². The third kappa shape index (κ3) is 4.22. The Bertz CT molecular complexity index is 855. The fourth-order valence-electron chi connectivity index (χ4n) is 3.02. The molecule has 0 aliphatic carbocycles. The standard InChI is InChI=1S/C17H18N4O5S/c1-26-14-5-4-11(9-13(14)21(24)25)16(23)20-7-2-3-12(10-20)15(22)19-17-18-6-8-27-17/h4-6,8-9,12H,2-3,7,10H2,1H3,(H,18,19,22). The van der Waals surface area contributed by atoms with Gasteiger partial charge in [-0.05, 0) is 25.0 Å². The molecule has 0 radical (unpaired) electrons. The van der Waals surface area contributed by atoms with Crippen LogP contribution in [0.1, 0.15) is 23.2 Å². The van der Waals surface area contributed by atoms with Crippen LogP contribution in [0.4, 0.5) is 10.8 Å². The summed E-state index contributed by atoms with van der Waals surface area (Å²) in [6.07, 6.45) is 2.96. The Morgan fingerprint density at radius 1 is 1.44 bits per heavy atom. The molecule has 1 unspecified atom stereocenters. The maximum atomic E-state index is 12.8. The van der Waals surface area contributed by atoms with E-state index in [1.165, 1.54) is 36.6 Å². The molecule has 2 amide bonds. The van der Waals surface area contributed by atoms with E-state index >= 15 is 0 Å². The van der Waals surface area contributed by atoms with Crippen molar-refractivity contribution in [1.82, 2.24) is 9.88 Å². The molecule has 0 bridgehead atoms. The first-order chi connectivity index (χ1) is 13.0. The first kappa shape index (κ1) is 18.8. The highest BCUT2D eigenvalue weighted by Crippen LogP contribution is 2.29. The second kappa shape index (κ2) is 8.12. The van der Waals surface area contributed by atoms with E-state index in [9.17, 15) is 19.7 Å². The molecule has 3 rings (SSSR count). The summed E-state index contributed by atoms with van der Waals surface area (Å²) in [4.78, 5) is 41.4. The second-order valence-electron chi connectivity index (χ2n) is 6.06. The minimum absolute atomic E-state index is 0.0934. The lowest BCUT2D eigenvalue weighted by Gasteiger charge is -2.32. The van der Waals surface area contributed by atoms with Gasteiger partial charge in [-0.15, -0.1) is 11.3 Å².